The second-order valence-electron chi connectivity index (χ2n) is 7.94. The molecule has 4 rings (SSSR count). The zero-order chi connectivity index (χ0) is 23.4. The molecule has 1 amide bonds. The van der Waals surface area contributed by atoms with Crippen molar-refractivity contribution in [2.75, 3.05) is 22.4 Å². The topological polar surface area (TPSA) is 75.7 Å². The predicted molar refractivity (Wildman–Crippen MR) is 133 cm³/mol. The van der Waals surface area contributed by atoms with Gasteiger partial charge in [-0.25, -0.2) is 8.42 Å². The predicted octanol–water partition coefficient (Wildman–Crippen LogP) is 4.84. The summed E-state index contributed by atoms with van der Waals surface area (Å²) in [6, 6.07) is 23.1. The summed E-state index contributed by atoms with van der Waals surface area (Å²) in [6.45, 7) is 2.13. The van der Waals surface area contributed by atoms with Crippen molar-refractivity contribution in [3.63, 3.8) is 0 Å². The lowest BCUT2D eigenvalue weighted by Gasteiger charge is -2.20. The molecule has 1 aliphatic heterocycles. The van der Waals surface area contributed by atoms with Crippen LogP contribution in [-0.4, -0.2) is 33.2 Å². The van der Waals surface area contributed by atoms with Crippen molar-refractivity contribution >= 4 is 39.1 Å². The first-order valence-corrected chi connectivity index (χ1v) is 13.5. The summed E-state index contributed by atoms with van der Waals surface area (Å²) in [5.41, 5.74) is 3.30. The first kappa shape index (κ1) is 23.2. The van der Waals surface area contributed by atoms with Crippen LogP contribution >= 0.6 is 11.8 Å². The molecule has 1 N–H and O–H groups in total. The van der Waals surface area contributed by atoms with Crippen LogP contribution in [0.25, 0.3) is 0 Å². The summed E-state index contributed by atoms with van der Waals surface area (Å²) in [5, 5.41) is 2.95. The van der Waals surface area contributed by atoms with Gasteiger partial charge < -0.3 is 10.1 Å². The number of para-hydroxylation sites is 2. The van der Waals surface area contributed by atoms with Crippen LogP contribution in [0.4, 0.5) is 11.4 Å². The zero-order valence-electron chi connectivity index (χ0n) is 18.5. The van der Waals surface area contributed by atoms with Crippen LogP contribution in [0.2, 0.25) is 0 Å². The molecule has 1 aliphatic rings. The number of ether oxygens (including phenoxy) is 1. The van der Waals surface area contributed by atoms with E-state index in [0.29, 0.717) is 11.4 Å². The molecule has 3 aromatic rings. The van der Waals surface area contributed by atoms with Crippen molar-refractivity contribution in [1.82, 2.24) is 0 Å². The van der Waals surface area contributed by atoms with E-state index in [1.807, 2.05) is 37.3 Å². The number of rotatable bonds is 6. The average Bonchev–Trinajstić information content (AvgIpc) is 3.00. The van der Waals surface area contributed by atoms with Crippen LogP contribution in [0.3, 0.4) is 0 Å². The lowest BCUT2D eigenvalue weighted by Crippen LogP contribution is -2.36. The van der Waals surface area contributed by atoms with Crippen molar-refractivity contribution in [3.05, 3.63) is 83.9 Å². The smallest absolute Gasteiger partial charge is 0.265 e. The number of amides is 1. The molecule has 0 radical (unpaired) electrons. The molecule has 0 saturated carbocycles. The molecule has 0 bridgehead atoms. The minimum atomic E-state index is -3.49. The monoisotopic (exact) mass is 482 g/mol. The van der Waals surface area contributed by atoms with E-state index >= 15 is 0 Å². The highest BCUT2D eigenvalue weighted by atomic mass is 32.2. The van der Waals surface area contributed by atoms with Crippen LogP contribution in [-0.2, 0) is 20.6 Å². The highest BCUT2D eigenvalue weighted by Crippen LogP contribution is 2.34. The van der Waals surface area contributed by atoms with Crippen LogP contribution in [0.15, 0.2) is 77.7 Å². The lowest BCUT2D eigenvalue weighted by atomic mass is 10.1. The van der Waals surface area contributed by atoms with E-state index in [2.05, 4.69) is 23.5 Å². The summed E-state index contributed by atoms with van der Waals surface area (Å²) in [5.74, 6) is 0.920. The van der Waals surface area contributed by atoms with Crippen LogP contribution in [0.5, 0.6) is 5.75 Å². The van der Waals surface area contributed by atoms with E-state index in [0.717, 1.165) is 23.3 Å². The van der Waals surface area contributed by atoms with E-state index in [4.69, 9.17) is 4.74 Å². The van der Waals surface area contributed by atoms with E-state index in [1.54, 1.807) is 36.0 Å². The fourth-order valence-electron chi connectivity index (χ4n) is 3.71. The second-order valence-corrected chi connectivity index (χ2v) is 10.9. The standard InChI is InChI=1S/C25H26N2O4S2/c1-18-16-19(17-32-20-8-4-3-5-9-20)12-13-21(18)26-25(28)24-14-15-27(33(2,29)30)22-10-6-7-11-23(22)31-24/h3-13,16,24H,14-15,17H2,1-2H3,(H,26,28). The summed E-state index contributed by atoms with van der Waals surface area (Å²) >= 11 is 1.76. The number of sulfonamides is 1. The SMILES string of the molecule is Cc1cc(CSc2ccccc2)ccc1NC(=O)C1CCN(S(C)(=O)=O)c2ccccc2O1. The number of carbonyl (C=O) groups is 1. The van der Waals surface area contributed by atoms with Crippen LogP contribution < -0.4 is 14.4 Å². The Morgan fingerprint density at radius 3 is 2.55 bits per heavy atom. The van der Waals surface area contributed by atoms with Gasteiger partial charge in [-0.2, -0.15) is 0 Å². The number of thioether (sulfide) groups is 1. The number of benzene rings is 3. The van der Waals surface area contributed by atoms with E-state index in [1.165, 1.54) is 14.8 Å². The van der Waals surface area contributed by atoms with Crippen molar-refractivity contribution < 1.29 is 17.9 Å². The van der Waals surface area contributed by atoms with Gasteiger partial charge in [0.05, 0.1) is 11.9 Å². The van der Waals surface area contributed by atoms with E-state index in [9.17, 15) is 13.2 Å². The van der Waals surface area contributed by atoms with Gasteiger partial charge in [-0.05, 0) is 48.4 Å². The largest absolute Gasteiger partial charge is 0.478 e. The fraction of sp³-hybridized carbons (Fsp3) is 0.240. The van der Waals surface area contributed by atoms with Gasteiger partial charge in [0.2, 0.25) is 10.0 Å². The minimum Gasteiger partial charge on any atom is -0.478 e. The number of nitrogens with zero attached hydrogens (tertiary/aromatic N) is 1. The molecule has 0 aromatic heterocycles. The number of aryl methyl sites for hydroxylation is 1. The van der Waals surface area contributed by atoms with Crippen molar-refractivity contribution in [3.8, 4) is 5.75 Å². The Morgan fingerprint density at radius 2 is 1.82 bits per heavy atom. The highest BCUT2D eigenvalue weighted by Gasteiger charge is 2.31. The van der Waals surface area contributed by atoms with E-state index in [-0.39, 0.29) is 18.9 Å². The van der Waals surface area contributed by atoms with Gasteiger partial charge in [0.1, 0.15) is 5.75 Å². The highest BCUT2D eigenvalue weighted by molar-refractivity contribution is 7.98. The molecule has 0 saturated heterocycles. The third-order valence-electron chi connectivity index (χ3n) is 5.39. The number of anilines is 2. The maximum absolute atomic E-state index is 13.0. The van der Waals surface area contributed by atoms with Crippen molar-refractivity contribution in [1.29, 1.82) is 0 Å². The maximum atomic E-state index is 13.0. The fourth-order valence-corrected chi connectivity index (χ4v) is 5.52. The first-order chi connectivity index (χ1) is 15.8. The molecule has 3 aromatic carbocycles. The first-order valence-electron chi connectivity index (χ1n) is 10.6. The average molecular weight is 483 g/mol. The minimum absolute atomic E-state index is 0.169. The van der Waals surface area contributed by atoms with Crippen LogP contribution in [0, 0.1) is 6.92 Å². The Morgan fingerprint density at radius 1 is 1.09 bits per heavy atom. The summed E-state index contributed by atoms with van der Waals surface area (Å²) in [6.07, 6.45) is 0.606. The summed E-state index contributed by atoms with van der Waals surface area (Å²) < 4.78 is 31.8. The van der Waals surface area contributed by atoms with Gasteiger partial charge in [0.25, 0.3) is 5.91 Å². The maximum Gasteiger partial charge on any atom is 0.265 e. The van der Waals surface area contributed by atoms with Gasteiger partial charge in [0.15, 0.2) is 6.10 Å². The normalized spacial score (nSPS) is 15.8. The third-order valence-corrected chi connectivity index (χ3v) is 7.65. The van der Waals surface area contributed by atoms with Gasteiger partial charge >= 0.3 is 0 Å². The Balaban J connectivity index is 1.45. The van der Waals surface area contributed by atoms with Gasteiger partial charge in [-0.1, -0.05) is 42.5 Å². The Labute approximate surface area is 199 Å². The molecular formula is C25H26N2O4S2. The molecule has 0 fully saturated rings. The molecule has 33 heavy (non-hydrogen) atoms. The zero-order valence-corrected chi connectivity index (χ0v) is 20.2. The molecule has 0 aliphatic carbocycles. The lowest BCUT2D eigenvalue weighted by molar-refractivity contribution is -0.122. The third kappa shape index (κ3) is 5.69. The van der Waals surface area contributed by atoms with E-state index < -0.39 is 16.1 Å². The van der Waals surface area contributed by atoms with Crippen LogP contribution in [0.1, 0.15) is 17.5 Å². The van der Waals surface area contributed by atoms with Gasteiger partial charge in [-0.15, -0.1) is 11.8 Å². The Bertz CT molecular complexity index is 1250. The number of fused-ring (bicyclic) bond motifs is 1. The summed E-state index contributed by atoms with van der Waals surface area (Å²) in [4.78, 5) is 14.2. The number of carbonyl (C=O) groups excluding carboxylic acids is 1. The molecule has 1 heterocycles. The Hall–Kier alpha value is -2.97. The number of nitrogens with one attached hydrogen (secondary N) is 1. The molecular weight excluding hydrogens is 456 g/mol. The van der Waals surface area contributed by atoms with Crippen molar-refractivity contribution in [2.45, 2.75) is 30.1 Å². The molecule has 6 nitrogen and oxygen atoms in total. The van der Waals surface area contributed by atoms with Gasteiger partial charge in [0, 0.05) is 29.3 Å². The van der Waals surface area contributed by atoms with Gasteiger partial charge in [-0.3, -0.25) is 9.10 Å². The molecule has 0 spiro atoms. The molecule has 172 valence electrons. The number of hydrogen-bond donors (Lipinski definition) is 1. The second kappa shape index (κ2) is 9.89. The molecule has 1 unspecified atom stereocenters. The van der Waals surface area contributed by atoms with Crippen molar-refractivity contribution in [2.24, 2.45) is 0 Å². The Kier molecular flexibility index (Phi) is 6.95. The number of hydrogen-bond acceptors (Lipinski definition) is 5. The molecule has 1 atom stereocenters. The molecule has 8 heteroatoms. The summed E-state index contributed by atoms with van der Waals surface area (Å²) in [7, 11) is -3.49. The quantitative estimate of drug-likeness (QED) is 0.509.